The first kappa shape index (κ1) is 10.2. The Morgan fingerprint density at radius 3 is 2.71 bits per heavy atom. The third kappa shape index (κ3) is 1.66. The van der Waals surface area contributed by atoms with Crippen molar-refractivity contribution in [3.05, 3.63) is 47.8 Å². The Bertz CT molecular complexity index is 673. The van der Waals surface area contributed by atoms with Crippen LogP contribution in [-0.2, 0) is 0 Å². The van der Waals surface area contributed by atoms with Crippen molar-refractivity contribution < 1.29 is 0 Å². The standard InChI is InChI=1S/C12H9ClN4/c1-8-15-5-9(6-16-8)17-7-11(13)10-3-2-4-14-12(10)17/h2-7H,1H3. The molecule has 0 bridgehead atoms. The van der Waals surface area contributed by atoms with E-state index in [0.717, 1.165) is 22.5 Å². The van der Waals surface area contributed by atoms with Gasteiger partial charge < -0.3 is 0 Å². The van der Waals surface area contributed by atoms with Gasteiger partial charge in [-0.1, -0.05) is 11.6 Å². The summed E-state index contributed by atoms with van der Waals surface area (Å²) in [4.78, 5) is 12.7. The van der Waals surface area contributed by atoms with Crippen LogP contribution in [-0.4, -0.2) is 19.5 Å². The number of halogens is 1. The zero-order valence-electron chi connectivity index (χ0n) is 9.13. The minimum Gasteiger partial charge on any atom is -0.297 e. The van der Waals surface area contributed by atoms with E-state index in [1.165, 1.54) is 0 Å². The first-order chi connectivity index (χ1) is 8.25. The number of aromatic nitrogens is 4. The van der Waals surface area contributed by atoms with Crippen LogP contribution >= 0.6 is 11.6 Å². The molecule has 0 fully saturated rings. The number of hydrogen-bond acceptors (Lipinski definition) is 3. The number of aryl methyl sites for hydroxylation is 1. The van der Waals surface area contributed by atoms with E-state index in [1.807, 2.05) is 29.8 Å². The van der Waals surface area contributed by atoms with Crippen molar-refractivity contribution in [3.63, 3.8) is 0 Å². The average Bonchev–Trinajstić information content (AvgIpc) is 2.69. The Kier molecular flexibility index (Phi) is 2.30. The van der Waals surface area contributed by atoms with Crippen LogP contribution in [0.1, 0.15) is 5.82 Å². The third-order valence-corrected chi connectivity index (χ3v) is 2.86. The van der Waals surface area contributed by atoms with E-state index in [1.54, 1.807) is 18.6 Å². The van der Waals surface area contributed by atoms with Gasteiger partial charge in [0.1, 0.15) is 11.5 Å². The lowest BCUT2D eigenvalue weighted by atomic mass is 10.3. The SMILES string of the molecule is Cc1ncc(-n2cc(Cl)c3cccnc32)cn1. The molecule has 84 valence electrons. The van der Waals surface area contributed by atoms with Crippen molar-refractivity contribution in [3.8, 4) is 5.69 Å². The molecule has 3 heterocycles. The van der Waals surface area contributed by atoms with Gasteiger partial charge >= 0.3 is 0 Å². The third-order valence-electron chi connectivity index (χ3n) is 2.56. The van der Waals surface area contributed by atoms with Crippen molar-refractivity contribution in [2.24, 2.45) is 0 Å². The van der Waals surface area contributed by atoms with Gasteiger partial charge in [0.2, 0.25) is 0 Å². The fraction of sp³-hybridized carbons (Fsp3) is 0.0833. The highest BCUT2D eigenvalue weighted by Crippen LogP contribution is 2.26. The second kappa shape index (κ2) is 3.82. The summed E-state index contributed by atoms with van der Waals surface area (Å²) in [6.07, 6.45) is 7.08. The Balaban J connectivity index is 2.27. The summed E-state index contributed by atoms with van der Waals surface area (Å²) < 4.78 is 1.89. The highest BCUT2D eigenvalue weighted by molar-refractivity contribution is 6.35. The summed E-state index contributed by atoms with van der Waals surface area (Å²) in [6.45, 7) is 1.85. The van der Waals surface area contributed by atoms with Crippen LogP contribution in [0, 0.1) is 6.92 Å². The summed E-state index contributed by atoms with van der Waals surface area (Å²) in [5.74, 6) is 0.740. The molecule has 17 heavy (non-hydrogen) atoms. The predicted molar refractivity (Wildman–Crippen MR) is 66.4 cm³/mol. The lowest BCUT2D eigenvalue weighted by Crippen LogP contribution is -1.96. The highest BCUT2D eigenvalue weighted by Gasteiger charge is 2.09. The van der Waals surface area contributed by atoms with Gasteiger partial charge in [-0.2, -0.15) is 0 Å². The molecule has 3 aromatic heterocycles. The molecular weight excluding hydrogens is 236 g/mol. The topological polar surface area (TPSA) is 43.6 Å². The van der Waals surface area contributed by atoms with Crippen LogP contribution in [0.2, 0.25) is 5.02 Å². The molecule has 0 atom stereocenters. The number of rotatable bonds is 1. The first-order valence-electron chi connectivity index (χ1n) is 5.16. The van der Waals surface area contributed by atoms with Gasteiger partial charge in [0.25, 0.3) is 0 Å². The molecule has 0 unspecified atom stereocenters. The molecule has 0 amide bonds. The van der Waals surface area contributed by atoms with E-state index in [9.17, 15) is 0 Å². The zero-order chi connectivity index (χ0) is 11.8. The molecule has 0 aliphatic rings. The molecule has 0 saturated heterocycles. The molecule has 0 saturated carbocycles. The van der Waals surface area contributed by atoms with Crippen molar-refractivity contribution >= 4 is 22.6 Å². The van der Waals surface area contributed by atoms with E-state index in [2.05, 4.69) is 15.0 Å². The van der Waals surface area contributed by atoms with E-state index in [-0.39, 0.29) is 0 Å². The molecule has 5 heteroatoms. The Morgan fingerprint density at radius 1 is 1.18 bits per heavy atom. The minimum absolute atomic E-state index is 0.675. The molecule has 0 aliphatic carbocycles. The summed E-state index contributed by atoms with van der Waals surface area (Å²) in [6, 6.07) is 3.81. The second-order valence-corrected chi connectivity index (χ2v) is 4.12. The Hall–Kier alpha value is -1.94. The van der Waals surface area contributed by atoms with Gasteiger partial charge in [-0.25, -0.2) is 15.0 Å². The molecule has 3 aromatic rings. The number of nitrogens with zero attached hydrogens (tertiary/aromatic N) is 4. The van der Waals surface area contributed by atoms with E-state index in [4.69, 9.17) is 11.6 Å². The van der Waals surface area contributed by atoms with Crippen LogP contribution in [0.4, 0.5) is 0 Å². The van der Waals surface area contributed by atoms with Crippen molar-refractivity contribution in [1.82, 2.24) is 19.5 Å². The number of pyridine rings is 1. The minimum atomic E-state index is 0.675. The molecule has 0 spiro atoms. The van der Waals surface area contributed by atoms with Crippen LogP contribution < -0.4 is 0 Å². The van der Waals surface area contributed by atoms with Gasteiger partial charge in [0, 0.05) is 17.8 Å². The van der Waals surface area contributed by atoms with Crippen LogP contribution in [0.3, 0.4) is 0 Å². The largest absolute Gasteiger partial charge is 0.297 e. The molecule has 0 aromatic carbocycles. The van der Waals surface area contributed by atoms with Crippen LogP contribution in [0.15, 0.2) is 36.9 Å². The maximum Gasteiger partial charge on any atom is 0.146 e. The summed E-state index contributed by atoms with van der Waals surface area (Å²) in [5, 5.41) is 1.60. The Morgan fingerprint density at radius 2 is 1.94 bits per heavy atom. The average molecular weight is 245 g/mol. The maximum atomic E-state index is 6.16. The lowest BCUT2D eigenvalue weighted by molar-refractivity contribution is 0.989. The van der Waals surface area contributed by atoms with Crippen molar-refractivity contribution in [1.29, 1.82) is 0 Å². The summed E-state index contributed by atoms with van der Waals surface area (Å²) in [5.41, 5.74) is 1.66. The number of fused-ring (bicyclic) bond motifs is 1. The van der Waals surface area contributed by atoms with Gasteiger partial charge in [-0.3, -0.25) is 4.57 Å². The van der Waals surface area contributed by atoms with Gasteiger partial charge in [-0.05, 0) is 19.1 Å². The predicted octanol–water partition coefficient (Wildman–Crippen LogP) is 2.78. The van der Waals surface area contributed by atoms with Gasteiger partial charge in [0.15, 0.2) is 0 Å². The normalized spacial score (nSPS) is 10.9. The molecular formula is C12H9ClN4. The number of hydrogen-bond donors (Lipinski definition) is 0. The molecule has 0 radical (unpaired) electrons. The van der Waals surface area contributed by atoms with Gasteiger partial charge in [0.05, 0.1) is 23.1 Å². The van der Waals surface area contributed by atoms with Crippen LogP contribution in [0.5, 0.6) is 0 Å². The highest BCUT2D eigenvalue weighted by atomic mass is 35.5. The molecule has 3 rings (SSSR count). The first-order valence-corrected chi connectivity index (χ1v) is 5.54. The van der Waals surface area contributed by atoms with E-state index in [0.29, 0.717) is 5.02 Å². The zero-order valence-corrected chi connectivity index (χ0v) is 9.89. The Labute approximate surface area is 103 Å². The van der Waals surface area contributed by atoms with E-state index < -0.39 is 0 Å². The van der Waals surface area contributed by atoms with Crippen molar-refractivity contribution in [2.45, 2.75) is 6.92 Å². The van der Waals surface area contributed by atoms with E-state index >= 15 is 0 Å². The molecule has 0 aliphatic heterocycles. The summed E-state index contributed by atoms with van der Waals surface area (Å²) >= 11 is 6.16. The van der Waals surface area contributed by atoms with Crippen LogP contribution in [0.25, 0.3) is 16.7 Å². The fourth-order valence-electron chi connectivity index (χ4n) is 1.73. The fourth-order valence-corrected chi connectivity index (χ4v) is 1.97. The summed E-state index contributed by atoms with van der Waals surface area (Å²) in [7, 11) is 0. The second-order valence-electron chi connectivity index (χ2n) is 3.71. The monoisotopic (exact) mass is 244 g/mol. The molecule has 4 nitrogen and oxygen atoms in total. The molecule has 0 N–H and O–H groups in total. The lowest BCUT2D eigenvalue weighted by Gasteiger charge is -2.03. The quantitative estimate of drug-likeness (QED) is 0.661. The van der Waals surface area contributed by atoms with Crippen molar-refractivity contribution in [2.75, 3.05) is 0 Å². The smallest absolute Gasteiger partial charge is 0.146 e. The maximum absolute atomic E-state index is 6.16. The van der Waals surface area contributed by atoms with Gasteiger partial charge in [-0.15, -0.1) is 0 Å².